The minimum absolute atomic E-state index is 0.0200. The van der Waals surface area contributed by atoms with Gasteiger partial charge in [0.2, 0.25) is 5.95 Å². The molecule has 3 aromatic rings. The molecule has 3 heterocycles. The van der Waals surface area contributed by atoms with Crippen molar-refractivity contribution in [2.24, 2.45) is 0 Å². The average Bonchev–Trinajstić information content (AvgIpc) is 3.15. The molecular formula is C24H27FN4O2. The summed E-state index contributed by atoms with van der Waals surface area (Å²) in [6, 6.07) is 7.33. The predicted molar refractivity (Wildman–Crippen MR) is 118 cm³/mol. The average molecular weight is 423 g/mol. The number of anilines is 1. The normalized spacial score (nSPS) is 22.0. The Bertz CT molecular complexity index is 1130. The number of fused-ring (bicyclic) bond motifs is 2. The monoisotopic (exact) mass is 422 g/mol. The largest absolute Gasteiger partial charge is 0.486 e. The number of carbonyl (C=O) groups is 1. The number of hydrogen-bond donors (Lipinski definition) is 2. The summed E-state index contributed by atoms with van der Waals surface area (Å²) >= 11 is 0. The van der Waals surface area contributed by atoms with E-state index in [9.17, 15) is 9.18 Å². The van der Waals surface area contributed by atoms with E-state index in [1.165, 1.54) is 0 Å². The highest BCUT2D eigenvalue weighted by Crippen LogP contribution is 2.44. The van der Waals surface area contributed by atoms with E-state index < -0.39 is 17.2 Å². The number of halogens is 1. The third kappa shape index (κ3) is 3.56. The maximum atomic E-state index is 14.9. The fourth-order valence-corrected chi connectivity index (χ4v) is 4.94. The first-order valence-electron chi connectivity index (χ1n) is 11.0. The SMILES string of the molecule is CC1(C)Oc2ccccc2C(=O)C1c1c[nH]c2nc(NCC3(F)CCCCC3)ncc12. The molecule has 0 spiro atoms. The number of hydrogen-bond acceptors (Lipinski definition) is 5. The van der Waals surface area contributed by atoms with Crippen LogP contribution in [0.15, 0.2) is 36.7 Å². The lowest BCUT2D eigenvalue weighted by Gasteiger charge is -2.38. The molecule has 1 fully saturated rings. The predicted octanol–water partition coefficient (Wildman–Crippen LogP) is 5.18. The Kier molecular flexibility index (Phi) is 4.72. The Hall–Kier alpha value is -2.96. The van der Waals surface area contributed by atoms with E-state index in [0.717, 1.165) is 30.2 Å². The fraction of sp³-hybridized carbons (Fsp3) is 0.458. The minimum Gasteiger partial charge on any atom is -0.486 e. The number of benzene rings is 1. The van der Waals surface area contributed by atoms with Gasteiger partial charge in [0.1, 0.15) is 22.7 Å². The van der Waals surface area contributed by atoms with Gasteiger partial charge in [-0.05, 0) is 44.4 Å². The van der Waals surface area contributed by atoms with Gasteiger partial charge < -0.3 is 15.0 Å². The number of nitrogens with zero attached hydrogens (tertiary/aromatic N) is 2. The van der Waals surface area contributed by atoms with Crippen LogP contribution >= 0.6 is 0 Å². The molecule has 6 nitrogen and oxygen atoms in total. The molecule has 0 bridgehead atoms. The smallest absolute Gasteiger partial charge is 0.224 e. The van der Waals surface area contributed by atoms with Crippen LogP contribution in [0.25, 0.3) is 11.0 Å². The second-order valence-corrected chi connectivity index (χ2v) is 9.26. The van der Waals surface area contributed by atoms with Gasteiger partial charge >= 0.3 is 0 Å². The molecule has 1 atom stereocenters. The lowest BCUT2D eigenvalue weighted by molar-refractivity contribution is 0.0487. The quantitative estimate of drug-likeness (QED) is 0.606. The van der Waals surface area contributed by atoms with Gasteiger partial charge in [-0.25, -0.2) is 9.37 Å². The van der Waals surface area contributed by atoms with E-state index in [2.05, 4.69) is 20.3 Å². The molecule has 0 amide bonds. The Labute approximate surface area is 180 Å². The maximum absolute atomic E-state index is 14.9. The number of aromatic amines is 1. The first kappa shape index (κ1) is 20.0. The molecule has 0 radical (unpaired) electrons. The highest BCUT2D eigenvalue weighted by atomic mass is 19.1. The number of ether oxygens (including phenoxy) is 1. The van der Waals surface area contributed by atoms with Crippen molar-refractivity contribution in [3.63, 3.8) is 0 Å². The van der Waals surface area contributed by atoms with Gasteiger partial charge in [-0.1, -0.05) is 31.4 Å². The van der Waals surface area contributed by atoms with Gasteiger partial charge in [0.15, 0.2) is 5.78 Å². The second kappa shape index (κ2) is 7.32. The second-order valence-electron chi connectivity index (χ2n) is 9.26. The summed E-state index contributed by atoms with van der Waals surface area (Å²) in [5, 5.41) is 3.84. The van der Waals surface area contributed by atoms with Crippen LogP contribution in [0.5, 0.6) is 5.75 Å². The van der Waals surface area contributed by atoms with Crippen molar-refractivity contribution >= 4 is 22.8 Å². The number of rotatable bonds is 4. The van der Waals surface area contributed by atoms with E-state index in [0.29, 0.717) is 35.8 Å². The molecular weight excluding hydrogens is 395 g/mol. The molecule has 162 valence electrons. The van der Waals surface area contributed by atoms with Crippen molar-refractivity contribution < 1.29 is 13.9 Å². The van der Waals surface area contributed by atoms with Gasteiger partial charge in [0, 0.05) is 17.8 Å². The number of carbonyl (C=O) groups excluding carboxylic acids is 1. The van der Waals surface area contributed by atoms with E-state index in [4.69, 9.17) is 4.74 Å². The van der Waals surface area contributed by atoms with E-state index in [1.807, 2.05) is 38.2 Å². The first-order chi connectivity index (χ1) is 14.9. The van der Waals surface area contributed by atoms with Gasteiger partial charge in [-0.2, -0.15) is 4.98 Å². The summed E-state index contributed by atoms with van der Waals surface area (Å²) in [5.41, 5.74) is 0.0905. The van der Waals surface area contributed by atoms with E-state index in [1.54, 1.807) is 12.3 Å². The summed E-state index contributed by atoms with van der Waals surface area (Å²) in [4.78, 5) is 25.5. The van der Waals surface area contributed by atoms with Crippen molar-refractivity contribution in [1.29, 1.82) is 0 Å². The Morgan fingerprint density at radius 3 is 2.81 bits per heavy atom. The molecule has 1 aliphatic carbocycles. The molecule has 1 unspecified atom stereocenters. The topological polar surface area (TPSA) is 79.9 Å². The number of H-pyrrole nitrogens is 1. The Balaban J connectivity index is 1.43. The van der Waals surface area contributed by atoms with Crippen LogP contribution in [0, 0.1) is 0 Å². The molecule has 1 aromatic carbocycles. The summed E-state index contributed by atoms with van der Waals surface area (Å²) in [7, 11) is 0. The lowest BCUT2D eigenvalue weighted by Crippen LogP contribution is -2.44. The number of alkyl halides is 1. The van der Waals surface area contributed by atoms with Crippen LogP contribution in [0.1, 0.15) is 67.8 Å². The number of para-hydroxylation sites is 1. The summed E-state index contributed by atoms with van der Waals surface area (Å²) in [6.07, 6.45) is 7.62. The van der Waals surface area contributed by atoms with Crippen molar-refractivity contribution in [3.05, 3.63) is 47.8 Å². The van der Waals surface area contributed by atoms with Crippen molar-refractivity contribution in [2.75, 3.05) is 11.9 Å². The molecule has 1 aliphatic heterocycles. The van der Waals surface area contributed by atoms with Crippen molar-refractivity contribution in [2.45, 2.75) is 63.1 Å². The Morgan fingerprint density at radius 1 is 1.23 bits per heavy atom. The van der Waals surface area contributed by atoms with E-state index in [-0.39, 0.29) is 12.3 Å². The van der Waals surface area contributed by atoms with Gasteiger partial charge in [-0.15, -0.1) is 0 Å². The molecule has 2 N–H and O–H groups in total. The van der Waals surface area contributed by atoms with Crippen LogP contribution < -0.4 is 10.1 Å². The van der Waals surface area contributed by atoms with E-state index >= 15 is 0 Å². The fourth-order valence-electron chi connectivity index (χ4n) is 4.94. The molecule has 5 rings (SSSR count). The molecule has 2 aromatic heterocycles. The minimum atomic E-state index is -1.19. The molecule has 2 aliphatic rings. The number of aromatic nitrogens is 3. The standard InChI is InChI=1S/C24H27FN4O2/c1-23(2)19(20(30)15-8-4-5-9-18(15)31-23)16-12-26-21-17(16)13-27-22(29-21)28-14-24(25)10-6-3-7-11-24/h4-5,8-9,12-13,19H,3,6-7,10-11,14H2,1-2H3,(H2,26,27,28,29). The zero-order chi connectivity index (χ0) is 21.6. The highest BCUT2D eigenvalue weighted by Gasteiger charge is 2.45. The summed E-state index contributed by atoms with van der Waals surface area (Å²) in [5.74, 6) is 0.528. The number of Topliss-reactive ketones (excluding diaryl/α,β-unsaturated/α-hetero) is 1. The third-order valence-corrected chi connectivity index (χ3v) is 6.57. The van der Waals surface area contributed by atoms with Crippen LogP contribution in [-0.2, 0) is 0 Å². The van der Waals surface area contributed by atoms with Crippen LogP contribution in [0.4, 0.5) is 10.3 Å². The molecule has 0 saturated heterocycles. The van der Waals surface area contributed by atoms with Crippen LogP contribution in [-0.4, -0.2) is 38.5 Å². The lowest BCUT2D eigenvalue weighted by atomic mass is 9.77. The Morgan fingerprint density at radius 2 is 2.00 bits per heavy atom. The summed E-state index contributed by atoms with van der Waals surface area (Å²) < 4.78 is 21.1. The highest BCUT2D eigenvalue weighted by molar-refractivity contribution is 6.06. The molecule has 7 heteroatoms. The number of ketones is 1. The molecule has 1 saturated carbocycles. The first-order valence-corrected chi connectivity index (χ1v) is 11.0. The zero-order valence-electron chi connectivity index (χ0n) is 17.9. The number of nitrogens with one attached hydrogen (secondary N) is 2. The van der Waals surface area contributed by atoms with Crippen molar-refractivity contribution in [1.82, 2.24) is 15.0 Å². The molecule has 31 heavy (non-hydrogen) atoms. The third-order valence-electron chi connectivity index (χ3n) is 6.57. The van der Waals surface area contributed by atoms with Crippen LogP contribution in [0.2, 0.25) is 0 Å². The van der Waals surface area contributed by atoms with Crippen LogP contribution in [0.3, 0.4) is 0 Å². The summed E-state index contributed by atoms with van der Waals surface area (Å²) in [6.45, 7) is 4.06. The maximum Gasteiger partial charge on any atom is 0.224 e. The van der Waals surface area contributed by atoms with Gasteiger partial charge in [0.05, 0.1) is 18.0 Å². The van der Waals surface area contributed by atoms with Crippen molar-refractivity contribution in [3.8, 4) is 5.75 Å². The zero-order valence-corrected chi connectivity index (χ0v) is 17.9. The van der Waals surface area contributed by atoms with Gasteiger partial charge in [-0.3, -0.25) is 4.79 Å². The van der Waals surface area contributed by atoms with Gasteiger partial charge in [0.25, 0.3) is 0 Å².